The van der Waals surface area contributed by atoms with Gasteiger partial charge in [0, 0.05) is 30.2 Å². The fourth-order valence-electron chi connectivity index (χ4n) is 3.67. The number of Topliss-reactive ketones (excluding diaryl/α,β-unsaturated/α-hetero) is 1. The van der Waals surface area contributed by atoms with E-state index in [1.54, 1.807) is 0 Å². The third-order valence-electron chi connectivity index (χ3n) is 5.12. The van der Waals surface area contributed by atoms with E-state index in [2.05, 4.69) is 30.3 Å². The first-order valence-electron chi connectivity index (χ1n) is 9.85. The van der Waals surface area contributed by atoms with Gasteiger partial charge in [-0.15, -0.1) is 0 Å². The van der Waals surface area contributed by atoms with E-state index in [1.807, 2.05) is 83.4 Å². The predicted molar refractivity (Wildman–Crippen MR) is 118 cm³/mol. The molecule has 1 aromatic heterocycles. The Labute approximate surface area is 176 Å². The van der Waals surface area contributed by atoms with Crippen LogP contribution in [0.3, 0.4) is 0 Å². The Hall–Kier alpha value is -4.03. The lowest BCUT2D eigenvalue weighted by atomic mass is 9.97. The first kappa shape index (κ1) is 19.3. The van der Waals surface area contributed by atoms with Crippen LogP contribution in [-0.2, 0) is 4.79 Å². The van der Waals surface area contributed by atoms with Crippen molar-refractivity contribution in [3.8, 4) is 39.7 Å². The summed E-state index contributed by atoms with van der Waals surface area (Å²) in [6.07, 6.45) is 0. The molecule has 0 bridgehead atoms. The molecule has 0 saturated carbocycles. The van der Waals surface area contributed by atoms with Crippen LogP contribution in [0.15, 0.2) is 103 Å². The predicted octanol–water partition coefficient (Wildman–Crippen LogP) is 5.63. The van der Waals surface area contributed by atoms with Crippen LogP contribution in [0.2, 0.25) is 0 Å². The molecule has 0 radical (unpaired) electrons. The van der Waals surface area contributed by atoms with E-state index < -0.39 is 6.04 Å². The molecule has 1 atom stereocenters. The number of pyridine rings is 1. The maximum atomic E-state index is 12.5. The highest BCUT2D eigenvalue weighted by atomic mass is 16.1. The quantitative estimate of drug-likeness (QED) is 0.415. The average molecular weight is 389 g/mol. The molecular weight excluding hydrogens is 368 g/mol. The number of carbonyl (C=O) groups excluding carboxylic acids is 1. The van der Waals surface area contributed by atoms with Gasteiger partial charge in [0.05, 0.1) is 0 Å². The summed E-state index contributed by atoms with van der Waals surface area (Å²) < 4.78 is 1.86. The van der Waals surface area contributed by atoms with Crippen LogP contribution < -0.4 is 4.57 Å². The minimum absolute atomic E-state index is 0.190. The van der Waals surface area contributed by atoms with Gasteiger partial charge in [-0.2, -0.15) is 9.83 Å². The van der Waals surface area contributed by atoms with Crippen molar-refractivity contribution in [3.05, 3.63) is 103 Å². The summed E-state index contributed by atoms with van der Waals surface area (Å²) in [6, 6.07) is 35.3. The second-order valence-corrected chi connectivity index (χ2v) is 7.12. The van der Waals surface area contributed by atoms with E-state index in [4.69, 9.17) is 0 Å². The molecule has 0 amide bonds. The molecule has 3 heteroatoms. The number of aromatic nitrogens is 1. The number of rotatable bonds is 5. The summed E-state index contributed by atoms with van der Waals surface area (Å²) in [5.74, 6) is -0.190. The number of hydrogen-bond donors (Lipinski definition) is 0. The normalized spacial score (nSPS) is 11.5. The van der Waals surface area contributed by atoms with Crippen molar-refractivity contribution in [2.45, 2.75) is 13.0 Å². The monoisotopic (exact) mass is 389 g/mol. The summed E-state index contributed by atoms with van der Waals surface area (Å²) in [4.78, 5) is 12.5. The molecule has 0 spiro atoms. The molecule has 1 unspecified atom stereocenters. The summed E-state index contributed by atoms with van der Waals surface area (Å²) in [5.41, 5.74) is 5.68. The maximum absolute atomic E-state index is 12.5. The number of ketones is 1. The number of benzene rings is 3. The molecular formula is C27H21N2O+. The molecule has 0 saturated heterocycles. The SMILES string of the molecule is CC(=O)C(C#N)[n+]1c(-c2ccccc2)cc(-c2ccccc2)cc1-c1ccccc1. The van der Waals surface area contributed by atoms with Gasteiger partial charge in [-0.3, -0.25) is 4.79 Å². The average Bonchev–Trinajstić information content (AvgIpc) is 2.81. The largest absolute Gasteiger partial charge is 0.302 e. The lowest BCUT2D eigenvalue weighted by Crippen LogP contribution is -2.46. The van der Waals surface area contributed by atoms with Crippen LogP contribution in [0.4, 0.5) is 0 Å². The van der Waals surface area contributed by atoms with Gasteiger partial charge >= 0.3 is 6.04 Å². The van der Waals surface area contributed by atoms with Crippen LogP contribution >= 0.6 is 0 Å². The zero-order valence-corrected chi connectivity index (χ0v) is 16.7. The standard InChI is InChI=1S/C27H21N2O/c1-20(30)27(19-28)29-25(22-13-7-3-8-14-22)17-24(21-11-5-2-6-12-21)18-26(29)23-15-9-4-10-16-23/h2-18,27H,1H3/q+1. The Bertz CT molecular complexity index is 1150. The van der Waals surface area contributed by atoms with Crippen LogP contribution in [0.1, 0.15) is 13.0 Å². The van der Waals surface area contributed by atoms with E-state index in [0.29, 0.717) is 0 Å². The van der Waals surface area contributed by atoms with Gasteiger partial charge in [0.2, 0.25) is 17.2 Å². The fourth-order valence-corrected chi connectivity index (χ4v) is 3.67. The highest BCUT2D eigenvalue weighted by Crippen LogP contribution is 2.30. The lowest BCUT2D eigenvalue weighted by Gasteiger charge is -2.14. The van der Waals surface area contributed by atoms with Gasteiger partial charge in [0.15, 0.2) is 0 Å². The van der Waals surface area contributed by atoms with E-state index in [-0.39, 0.29) is 5.78 Å². The molecule has 30 heavy (non-hydrogen) atoms. The molecule has 0 aliphatic carbocycles. The number of nitrogens with zero attached hydrogens (tertiary/aromatic N) is 2. The van der Waals surface area contributed by atoms with Crippen LogP contribution in [0, 0.1) is 11.3 Å². The van der Waals surface area contributed by atoms with Crippen LogP contribution in [-0.4, -0.2) is 5.78 Å². The van der Waals surface area contributed by atoms with Crippen molar-refractivity contribution in [1.82, 2.24) is 0 Å². The van der Waals surface area contributed by atoms with E-state index >= 15 is 0 Å². The second-order valence-electron chi connectivity index (χ2n) is 7.12. The molecule has 4 rings (SSSR count). The molecule has 1 heterocycles. The van der Waals surface area contributed by atoms with Crippen LogP contribution in [0.25, 0.3) is 33.6 Å². The van der Waals surface area contributed by atoms with Crippen molar-refractivity contribution in [2.75, 3.05) is 0 Å². The summed E-state index contributed by atoms with van der Waals surface area (Å²) >= 11 is 0. The van der Waals surface area contributed by atoms with E-state index in [0.717, 1.165) is 33.6 Å². The third kappa shape index (κ3) is 3.76. The Morgan fingerprint density at radius 3 is 1.47 bits per heavy atom. The molecule has 4 aromatic rings. The van der Waals surface area contributed by atoms with Crippen molar-refractivity contribution >= 4 is 5.78 Å². The molecule has 3 aromatic carbocycles. The first-order chi connectivity index (χ1) is 14.7. The van der Waals surface area contributed by atoms with Crippen molar-refractivity contribution < 1.29 is 9.36 Å². The highest BCUT2D eigenvalue weighted by Gasteiger charge is 2.33. The Balaban J connectivity index is 2.11. The highest BCUT2D eigenvalue weighted by molar-refractivity contribution is 5.82. The minimum Gasteiger partial charge on any atom is -0.291 e. The maximum Gasteiger partial charge on any atom is 0.302 e. The Kier molecular flexibility index (Phi) is 5.50. The summed E-state index contributed by atoms with van der Waals surface area (Å²) in [6.45, 7) is 1.47. The van der Waals surface area contributed by atoms with Gasteiger partial charge in [0.25, 0.3) is 0 Å². The lowest BCUT2D eigenvalue weighted by molar-refractivity contribution is -0.675. The van der Waals surface area contributed by atoms with Crippen molar-refractivity contribution in [2.24, 2.45) is 0 Å². The van der Waals surface area contributed by atoms with Gasteiger partial charge in [-0.05, 0) is 35.4 Å². The fraction of sp³-hybridized carbons (Fsp3) is 0.0741. The van der Waals surface area contributed by atoms with Crippen molar-refractivity contribution in [1.29, 1.82) is 5.26 Å². The molecule has 3 nitrogen and oxygen atoms in total. The number of nitriles is 1. The van der Waals surface area contributed by atoms with Gasteiger partial charge in [0.1, 0.15) is 6.07 Å². The Morgan fingerprint density at radius 1 is 0.700 bits per heavy atom. The summed E-state index contributed by atoms with van der Waals surface area (Å²) in [7, 11) is 0. The molecule has 144 valence electrons. The molecule has 0 N–H and O–H groups in total. The smallest absolute Gasteiger partial charge is 0.291 e. The van der Waals surface area contributed by atoms with Gasteiger partial charge in [-0.25, -0.2) is 0 Å². The minimum atomic E-state index is -0.916. The second kappa shape index (κ2) is 8.55. The number of carbonyl (C=O) groups is 1. The zero-order valence-electron chi connectivity index (χ0n) is 16.7. The molecule has 0 aliphatic heterocycles. The zero-order chi connectivity index (χ0) is 20.9. The van der Waals surface area contributed by atoms with E-state index in [9.17, 15) is 10.1 Å². The molecule has 0 fully saturated rings. The molecule has 0 aliphatic rings. The Morgan fingerprint density at radius 2 is 1.10 bits per heavy atom. The summed E-state index contributed by atoms with van der Waals surface area (Å²) in [5, 5.41) is 9.89. The topological polar surface area (TPSA) is 44.7 Å². The number of hydrogen-bond acceptors (Lipinski definition) is 2. The third-order valence-corrected chi connectivity index (χ3v) is 5.12. The van der Waals surface area contributed by atoms with Gasteiger partial charge < -0.3 is 0 Å². The first-order valence-corrected chi connectivity index (χ1v) is 9.85. The van der Waals surface area contributed by atoms with Crippen LogP contribution in [0.5, 0.6) is 0 Å². The van der Waals surface area contributed by atoms with E-state index in [1.165, 1.54) is 6.92 Å². The van der Waals surface area contributed by atoms with Gasteiger partial charge in [-0.1, -0.05) is 66.7 Å². The van der Waals surface area contributed by atoms with Crippen molar-refractivity contribution in [3.63, 3.8) is 0 Å².